The molecule has 1 aromatic rings. The molecule has 1 amide bonds. The second-order valence-electron chi connectivity index (χ2n) is 6.99. The third kappa shape index (κ3) is 6.16. The molecule has 0 spiro atoms. The van der Waals surface area contributed by atoms with Crippen molar-refractivity contribution in [1.29, 1.82) is 0 Å². The van der Waals surface area contributed by atoms with Gasteiger partial charge < -0.3 is 15.4 Å². The molecule has 6 nitrogen and oxygen atoms in total. The number of carbonyl (C=O) groups is 1. The summed E-state index contributed by atoms with van der Waals surface area (Å²) in [5.74, 6) is 0. The molecule has 120 valence electrons. The van der Waals surface area contributed by atoms with E-state index < -0.39 is 17.2 Å². The van der Waals surface area contributed by atoms with Gasteiger partial charge in [-0.2, -0.15) is 5.10 Å². The fraction of sp³-hybridized carbons (Fsp3) is 0.733. The average Bonchev–Trinajstić information content (AvgIpc) is 2.57. The summed E-state index contributed by atoms with van der Waals surface area (Å²) >= 11 is 0. The van der Waals surface area contributed by atoms with E-state index in [1.54, 1.807) is 0 Å². The SMILES string of the molecule is Cc1c(CNCC(C)(C)NC(=O)OC(C)(C)C)cnn1C. The highest BCUT2D eigenvalue weighted by atomic mass is 16.6. The van der Waals surface area contributed by atoms with Crippen molar-refractivity contribution in [2.45, 2.75) is 59.2 Å². The van der Waals surface area contributed by atoms with Crippen molar-refractivity contribution < 1.29 is 9.53 Å². The Hall–Kier alpha value is -1.56. The Morgan fingerprint density at radius 2 is 1.95 bits per heavy atom. The van der Waals surface area contributed by atoms with Crippen LogP contribution < -0.4 is 10.6 Å². The number of alkyl carbamates (subject to hydrolysis) is 1. The Labute approximate surface area is 127 Å². The van der Waals surface area contributed by atoms with Crippen LogP contribution >= 0.6 is 0 Å². The van der Waals surface area contributed by atoms with E-state index in [4.69, 9.17) is 4.74 Å². The van der Waals surface area contributed by atoms with Gasteiger partial charge in [-0.1, -0.05) is 0 Å². The molecular weight excluding hydrogens is 268 g/mol. The van der Waals surface area contributed by atoms with Gasteiger partial charge in [0.1, 0.15) is 5.60 Å². The first kappa shape index (κ1) is 17.5. The molecule has 0 atom stereocenters. The molecule has 0 aliphatic rings. The minimum Gasteiger partial charge on any atom is -0.444 e. The highest BCUT2D eigenvalue weighted by molar-refractivity contribution is 5.68. The van der Waals surface area contributed by atoms with Crippen LogP contribution in [0.1, 0.15) is 45.9 Å². The van der Waals surface area contributed by atoms with Crippen molar-refractivity contribution in [2.24, 2.45) is 7.05 Å². The second-order valence-corrected chi connectivity index (χ2v) is 6.99. The fourth-order valence-corrected chi connectivity index (χ4v) is 1.85. The first-order chi connectivity index (χ1) is 9.50. The Bertz CT molecular complexity index is 486. The number of rotatable bonds is 5. The number of aryl methyl sites for hydroxylation is 1. The first-order valence-corrected chi connectivity index (χ1v) is 7.19. The zero-order chi connectivity index (χ0) is 16.3. The zero-order valence-corrected chi connectivity index (χ0v) is 14.2. The third-order valence-corrected chi connectivity index (χ3v) is 3.06. The maximum absolute atomic E-state index is 11.8. The number of ether oxygens (including phenoxy) is 1. The minimum absolute atomic E-state index is 0.390. The zero-order valence-electron chi connectivity index (χ0n) is 14.2. The molecule has 0 bridgehead atoms. The normalized spacial score (nSPS) is 12.3. The average molecular weight is 296 g/mol. The summed E-state index contributed by atoms with van der Waals surface area (Å²) in [5.41, 5.74) is 1.42. The fourth-order valence-electron chi connectivity index (χ4n) is 1.85. The van der Waals surface area contributed by atoms with Crippen LogP contribution in [-0.4, -0.2) is 33.6 Å². The summed E-state index contributed by atoms with van der Waals surface area (Å²) in [6.45, 7) is 12.9. The molecule has 0 saturated carbocycles. The monoisotopic (exact) mass is 296 g/mol. The van der Waals surface area contributed by atoms with E-state index in [9.17, 15) is 4.79 Å². The predicted octanol–water partition coefficient (Wildman–Crippen LogP) is 2.12. The van der Waals surface area contributed by atoms with E-state index in [1.165, 1.54) is 0 Å². The van der Waals surface area contributed by atoms with Gasteiger partial charge >= 0.3 is 6.09 Å². The standard InChI is InChI=1S/C15H28N4O2/c1-11-12(9-17-19(11)7)8-16-10-15(5,6)18-13(20)21-14(2,3)4/h9,16H,8,10H2,1-7H3,(H,18,20). The number of amides is 1. The van der Waals surface area contributed by atoms with Gasteiger partial charge in [0, 0.05) is 31.4 Å². The Balaban J connectivity index is 2.42. The predicted molar refractivity (Wildman–Crippen MR) is 83.1 cm³/mol. The lowest BCUT2D eigenvalue weighted by atomic mass is 10.1. The molecule has 21 heavy (non-hydrogen) atoms. The maximum Gasteiger partial charge on any atom is 0.408 e. The topological polar surface area (TPSA) is 68.2 Å². The molecule has 0 aliphatic heterocycles. The van der Waals surface area contributed by atoms with Gasteiger partial charge in [-0.15, -0.1) is 0 Å². The number of hydrogen-bond donors (Lipinski definition) is 2. The lowest BCUT2D eigenvalue weighted by Gasteiger charge is -2.29. The summed E-state index contributed by atoms with van der Waals surface area (Å²) in [6, 6.07) is 0. The molecule has 0 radical (unpaired) electrons. The summed E-state index contributed by atoms with van der Waals surface area (Å²) < 4.78 is 7.12. The van der Waals surface area contributed by atoms with Crippen LogP contribution in [0.25, 0.3) is 0 Å². The molecule has 0 aliphatic carbocycles. The van der Waals surface area contributed by atoms with Gasteiger partial charge in [0.05, 0.1) is 11.7 Å². The van der Waals surface area contributed by atoms with Crippen LogP contribution in [0.5, 0.6) is 0 Å². The van der Waals surface area contributed by atoms with Crippen LogP contribution in [-0.2, 0) is 18.3 Å². The van der Waals surface area contributed by atoms with Crippen LogP contribution in [0, 0.1) is 6.92 Å². The molecule has 0 saturated heterocycles. The molecule has 0 aromatic carbocycles. The molecule has 0 unspecified atom stereocenters. The van der Waals surface area contributed by atoms with Gasteiger partial charge in [0.15, 0.2) is 0 Å². The maximum atomic E-state index is 11.8. The highest BCUT2D eigenvalue weighted by Gasteiger charge is 2.24. The van der Waals surface area contributed by atoms with Gasteiger partial charge in [0.2, 0.25) is 0 Å². The van der Waals surface area contributed by atoms with Crippen LogP contribution in [0.15, 0.2) is 6.20 Å². The van der Waals surface area contributed by atoms with Crippen molar-refractivity contribution in [3.8, 4) is 0 Å². The number of aromatic nitrogens is 2. The van der Waals surface area contributed by atoms with Crippen molar-refractivity contribution in [3.05, 3.63) is 17.5 Å². The van der Waals surface area contributed by atoms with Crippen molar-refractivity contribution in [2.75, 3.05) is 6.54 Å². The van der Waals surface area contributed by atoms with Crippen molar-refractivity contribution in [1.82, 2.24) is 20.4 Å². The van der Waals surface area contributed by atoms with Crippen molar-refractivity contribution >= 4 is 6.09 Å². The summed E-state index contributed by atoms with van der Waals surface area (Å²) in [5, 5.41) is 10.4. The second kappa shape index (κ2) is 6.47. The largest absolute Gasteiger partial charge is 0.444 e. The highest BCUT2D eigenvalue weighted by Crippen LogP contribution is 2.10. The van der Waals surface area contributed by atoms with Gasteiger partial charge in [-0.25, -0.2) is 4.79 Å². The Morgan fingerprint density at radius 1 is 1.33 bits per heavy atom. The Morgan fingerprint density at radius 3 is 2.43 bits per heavy atom. The first-order valence-electron chi connectivity index (χ1n) is 7.19. The molecular formula is C15H28N4O2. The van der Waals surface area contributed by atoms with Crippen LogP contribution in [0.4, 0.5) is 4.79 Å². The quantitative estimate of drug-likeness (QED) is 0.873. The van der Waals surface area contributed by atoms with E-state index in [-0.39, 0.29) is 0 Å². The van der Waals surface area contributed by atoms with Gasteiger partial charge in [0.25, 0.3) is 0 Å². The molecule has 1 aromatic heterocycles. The van der Waals surface area contributed by atoms with Crippen molar-refractivity contribution in [3.63, 3.8) is 0 Å². The molecule has 6 heteroatoms. The van der Waals surface area contributed by atoms with E-state index >= 15 is 0 Å². The number of carbonyl (C=O) groups excluding carboxylic acids is 1. The van der Waals surface area contributed by atoms with Gasteiger partial charge in [-0.05, 0) is 41.5 Å². The lowest BCUT2D eigenvalue weighted by Crippen LogP contribution is -2.51. The smallest absolute Gasteiger partial charge is 0.408 e. The third-order valence-electron chi connectivity index (χ3n) is 3.06. The molecule has 0 fully saturated rings. The summed E-state index contributed by atoms with van der Waals surface area (Å²) in [4.78, 5) is 11.8. The number of hydrogen-bond acceptors (Lipinski definition) is 4. The van der Waals surface area contributed by atoms with Gasteiger partial charge in [-0.3, -0.25) is 4.68 Å². The van der Waals surface area contributed by atoms with Crippen LogP contribution in [0.3, 0.4) is 0 Å². The number of nitrogens with zero attached hydrogens (tertiary/aromatic N) is 2. The Kier molecular flexibility index (Phi) is 5.39. The van der Waals surface area contributed by atoms with E-state index in [0.29, 0.717) is 6.54 Å². The van der Waals surface area contributed by atoms with E-state index in [1.807, 2.05) is 59.5 Å². The lowest BCUT2D eigenvalue weighted by molar-refractivity contribution is 0.0472. The minimum atomic E-state index is -0.486. The molecule has 1 heterocycles. The summed E-state index contributed by atoms with van der Waals surface area (Å²) in [6.07, 6.45) is 1.46. The van der Waals surface area contributed by atoms with E-state index in [0.717, 1.165) is 17.8 Å². The van der Waals surface area contributed by atoms with E-state index in [2.05, 4.69) is 15.7 Å². The summed E-state index contributed by atoms with van der Waals surface area (Å²) in [7, 11) is 1.92. The molecule has 1 rings (SSSR count). The number of nitrogens with one attached hydrogen (secondary N) is 2. The molecule has 2 N–H and O–H groups in total. The van der Waals surface area contributed by atoms with Crippen LogP contribution in [0.2, 0.25) is 0 Å².